The SMILES string of the molecule is CSc1ncc(C(=O)N2CCCCCC2)c(Cl)n1. The minimum atomic E-state index is -0.0467. The summed E-state index contributed by atoms with van der Waals surface area (Å²) in [6.45, 7) is 1.61. The lowest BCUT2D eigenvalue weighted by atomic mass is 10.2. The van der Waals surface area contributed by atoms with Crippen LogP contribution in [0.3, 0.4) is 0 Å². The van der Waals surface area contributed by atoms with Crippen molar-refractivity contribution in [1.82, 2.24) is 14.9 Å². The molecule has 6 heteroatoms. The maximum atomic E-state index is 12.3. The fourth-order valence-electron chi connectivity index (χ4n) is 2.03. The third-order valence-corrected chi connectivity index (χ3v) is 3.88. The molecule has 0 bridgehead atoms. The van der Waals surface area contributed by atoms with Gasteiger partial charge >= 0.3 is 0 Å². The molecule has 1 aromatic heterocycles. The zero-order valence-electron chi connectivity index (χ0n) is 10.4. The highest BCUT2D eigenvalue weighted by Crippen LogP contribution is 2.20. The second-order valence-electron chi connectivity index (χ2n) is 4.27. The molecule has 0 aromatic carbocycles. The van der Waals surface area contributed by atoms with Gasteiger partial charge in [0.1, 0.15) is 5.15 Å². The summed E-state index contributed by atoms with van der Waals surface area (Å²) in [6, 6.07) is 0. The molecule has 0 aliphatic carbocycles. The van der Waals surface area contributed by atoms with Crippen LogP contribution in [0.1, 0.15) is 36.0 Å². The van der Waals surface area contributed by atoms with Gasteiger partial charge in [-0.25, -0.2) is 9.97 Å². The molecule has 0 N–H and O–H groups in total. The number of carbonyl (C=O) groups is 1. The Kier molecular flexibility index (Phi) is 4.83. The van der Waals surface area contributed by atoms with Crippen molar-refractivity contribution in [3.8, 4) is 0 Å². The third kappa shape index (κ3) is 3.14. The molecule has 98 valence electrons. The first-order valence-electron chi connectivity index (χ1n) is 6.08. The predicted molar refractivity (Wildman–Crippen MR) is 73.2 cm³/mol. The maximum Gasteiger partial charge on any atom is 0.258 e. The molecule has 4 nitrogen and oxygen atoms in total. The van der Waals surface area contributed by atoms with E-state index in [9.17, 15) is 4.79 Å². The van der Waals surface area contributed by atoms with Crippen LogP contribution < -0.4 is 0 Å². The maximum absolute atomic E-state index is 12.3. The molecular weight excluding hydrogens is 270 g/mol. The first kappa shape index (κ1) is 13.6. The van der Waals surface area contributed by atoms with E-state index in [1.54, 1.807) is 0 Å². The summed E-state index contributed by atoms with van der Waals surface area (Å²) in [6.07, 6.45) is 7.93. The Morgan fingerprint density at radius 3 is 2.56 bits per heavy atom. The first-order chi connectivity index (χ1) is 8.72. The van der Waals surface area contributed by atoms with Crippen LogP contribution in [-0.4, -0.2) is 40.1 Å². The zero-order chi connectivity index (χ0) is 13.0. The Bertz CT molecular complexity index is 433. The monoisotopic (exact) mass is 285 g/mol. The summed E-state index contributed by atoms with van der Waals surface area (Å²) in [4.78, 5) is 22.4. The molecule has 0 spiro atoms. The van der Waals surface area contributed by atoms with E-state index in [4.69, 9.17) is 11.6 Å². The van der Waals surface area contributed by atoms with Gasteiger partial charge in [0.05, 0.1) is 5.56 Å². The van der Waals surface area contributed by atoms with Crippen molar-refractivity contribution in [2.75, 3.05) is 19.3 Å². The number of likely N-dealkylation sites (tertiary alicyclic amines) is 1. The summed E-state index contributed by atoms with van der Waals surface area (Å²) in [5.74, 6) is -0.0467. The van der Waals surface area contributed by atoms with Gasteiger partial charge in [-0.1, -0.05) is 36.2 Å². The molecule has 18 heavy (non-hydrogen) atoms. The van der Waals surface area contributed by atoms with Crippen LogP contribution in [0.2, 0.25) is 5.15 Å². The average molecular weight is 286 g/mol. The lowest BCUT2D eigenvalue weighted by Crippen LogP contribution is -2.32. The van der Waals surface area contributed by atoms with Gasteiger partial charge in [0.15, 0.2) is 5.16 Å². The molecule has 1 aromatic rings. The van der Waals surface area contributed by atoms with Gasteiger partial charge in [-0.2, -0.15) is 0 Å². The van der Waals surface area contributed by atoms with Crippen LogP contribution in [0.25, 0.3) is 0 Å². The van der Waals surface area contributed by atoms with E-state index in [0.29, 0.717) is 10.7 Å². The van der Waals surface area contributed by atoms with E-state index in [1.165, 1.54) is 30.8 Å². The number of hydrogen-bond acceptors (Lipinski definition) is 4. The van der Waals surface area contributed by atoms with Crippen LogP contribution in [-0.2, 0) is 0 Å². The number of hydrogen-bond donors (Lipinski definition) is 0. The minimum Gasteiger partial charge on any atom is -0.339 e. The van der Waals surface area contributed by atoms with Crippen LogP contribution in [0.4, 0.5) is 0 Å². The van der Waals surface area contributed by atoms with Crippen molar-refractivity contribution in [3.05, 3.63) is 16.9 Å². The molecule has 0 unspecified atom stereocenters. The van der Waals surface area contributed by atoms with E-state index in [2.05, 4.69) is 9.97 Å². The van der Waals surface area contributed by atoms with Gasteiger partial charge in [0.25, 0.3) is 5.91 Å². The molecular formula is C12H16ClN3OS. The lowest BCUT2D eigenvalue weighted by molar-refractivity contribution is 0.0760. The van der Waals surface area contributed by atoms with E-state index in [0.717, 1.165) is 25.9 Å². The third-order valence-electron chi connectivity index (χ3n) is 3.03. The Hall–Kier alpha value is -0.810. The van der Waals surface area contributed by atoms with Crippen molar-refractivity contribution in [2.24, 2.45) is 0 Å². The minimum absolute atomic E-state index is 0.0467. The molecule has 0 saturated carbocycles. The second-order valence-corrected chi connectivity index (χ2v) is 5.40. The van der Waals surface area contributed by atoms with Gasteiger partial charge in [-0.15, -0.1) is 0 Å². The Labute approximate surface area is 116 Å². The first-order valence-corrected chi connectivity index (χ1v) is 7.68. The normalized spacial score (nSPS) is 16.4. The molecule has 1 fully saturated rings. The number of carbonyl (C=O) groups excluding carboxylic acids is 1. The number of thioether (sulfide) groups is 1. The van der Waals surface area contributed by atoms with Gasteiger partial charge in [-0.05, 0) is 19.1 Å². The summed E-state index contributed by atoms with van der Waals surface area (Å²) in [5, 5.41) is 0.844. The standard InChI is InChI=1S/C12H16ClN3OS/c1-18-12-14-8-9(10(13)15-12)11(17)16-6-4-2-3-5-7-16/h8H,2-7H2,1H3. The number of halogens is 1. The number of aromatic nitrogens is 2. The Balaban J connectivity index is 2.16. The number of nitrogens with zero attached hydrogens (tertiary/aromatic N) is 3. The van der Waals surface area contributed by atoms with E-state index in [1.807, 2.05) is 11.2 Å². The smallest absolute Gasteiger partial charge is 0.258 e. The van der Waals surface area contributed by atoms with Gasteiger partial charge < -0.3 is 4.90 Å². The Morgan fingerprint density at radius 2 is 2.00 bits per heavy atom. The number of rotatable bonds is 2. The number of amides is 1. The largest absolute Gasteiger partial charge is 0.339 e. The van der Waals surface area contributed by atoms with Gasteiger partial charge in [0, 0.05) is 19.3 Å². The lowest BCUT2D eigenvalue weighted by Gasteiger charge is -2.20. The highest BCUT2D eigenvalue weighted by molar-refractivity contribution is 7.98. The van der Waals surface area contributed by atoms with Gasteiger partial charge in [-0.3, -0.25) is 4.79 Å². The topological polar surface area (TPSA) is 46.1 Å². The zero-order valence-corrected chi connectivity index (χ0v) is 11.9. The van der Waals surface area contributed by atoms with E-state index >= 15 is 0 Å². The van der Waals surface area contributed by atoms with Crippen molar-refractivity contribution in [3.63, 3.8) is 0 Å². The van der Waals surface area contributed by atoms with Gasteiger partial charge in [0.2, 0.25) is 0 Å². The van der Waals surface area contributed by atoms with E-state index < -0.39 is 0 Å². The van der Waals surface area contributed by atoms with Crippen molar-refractivity contribution in [2.45, 2.75) is 30.8 Å². The highest BCUT2D eigenvalue weighted by Gasteiger charge is 2.20. The van der Waals surface area contributed by atoms with Crippen molar-refractivity contribution < 1.29 is 4.79 Å². The van der Waals surface area contributed by atoms with Crippen LogP contribution in [0, 0.1) is 0 Å². The van der Waals surface area contributed by atoms with E-state index in [-0.39, 0.29) is 11.1 Å². The molecule has 2 rings (SSSR count). The van der Waals surface area contributed by atoms with Crippen molar-refractivity contribution in [1.29, 1.82) is 0 Å². The molecule has 1 amide bonds. The quantitative estimate of drug-likeness (QED) is 0.476. The summed E-state index contributed by atoms with van der Waals surface area (Å²) in [7, 11) is 0. The molecule has 0 radical (unpaired) electrons. The highest BCUT2D eigenvalue weighted by atomic mass is 35.5. The molecule has 0 atom stereocenters. The van der Waals surface area contributed by atoms with Crippen LogP contribution in [0.15, 0.2) is 11.4 Å². The summed E-state index contributed by atoms with van der Waals surface area (Å²) in [5.41, 5.74) is 0.413. The van der Waals surface area contributed by atoms with Crippen LogP contribution >= 0.6 is 23.4 Å². The molecule has 2 heterocycles. The van der Waals surface area contributed by atoms with Crippen molar-refractivity contribution >= 4 is 29.3 Å². The molecule has 1 aliphatic heterocycles. The fraction of sp³-hybridized carbons (Fsp3) is 0.583. The predicted octanol–water partition coefficient (Wildman–Crippen LogP) is 2.87. The molecule has 1 saturated heterocycles. The summed E-state index contributed by atoms with van der Waals surface area (Å²) < 4.78 is 0. The summed E-state index contributed by atoms with van der Waals surface area (Å²) >= 11 is 7.46. The fourth-order valence-corrected chi connectivity index (χ4v) is 2.63. The average Bonchev–Trinajstić information content (AvgIpc) is 2.66. The van der Waals surface area contributed by atoms with Crippen LogP contribution in [0.5, 0.6) is 0 Å². The Morgan fingerprint density at radius 1 is 1.33 bits per heavy atom. The molecule has 1 aliphatic rings. The second kappa shape index (κ2) is 6.38.